The van der Waals surface area contributed by atoms with Crippen LogP contribution in [0.2, 0.25) is 10.0 Å². The molecule has 1 aromatic carbocycles. The molecule has 0 spiro atoms. The van der Waals surface area contributed by atoms with Crippen LogP contribution < -0.4 is 10.5 Å². The van der Waals surface area contributed by atoms with Crippen LogP contribution in [0.4, 0.5) is 0 Å². The van der Waals surface area contributed by atoms with Crippen molar-refractivity contribution in [3.8, 4) is 5.75 Å². The van der Waals surface area contributed by atoms with E-state index in [9.17, 15) is 0 Å². The first-order chi connectivity index (χ1) is 8.43. The lowest BCUT2D eigenvalue weighted by atomic mass is 10.0. The molecule has 0 bridgehead atoms. The summed E-state index contributed by atoms with van der Waals surface area (Å²) in [6.45, 7) is 6.89. The van der Waals surface area contributed by atoms with Gasteiger partial charge in [0.1, 0.15) is 5.75 Å². The van der Waals surface area contributed by atoms with Gasteiger partial charge in [-0.1, -0.05) is 44.0 Å². The van der Waals surface area contributed by atoms with Gasteiger partial charge in [-0.05, 0) is 36.5 Å². The van der Waals surface area contributed by atoms with Crippen LogP contribution in [0.25, 0.3) is 0 Å². The molecule has 2 nitrogen and oxygen atoms in total. The first-order valence-electron chi connectivity index (χ1n) is 6.30. The minimum absolute atomic E-state index is 0.0981. The van der Waals surface area contributed by atoms with E-state index in [0.717, 1.165) is 24.2 Å². The summed E-state index contributed by atoms with van der Waals surface area (Å²) in [5.74, 6) is 1.17. The lowest BCUT2D eigenvalue weighted by Gasteiger charge is -2.17. The molecule has 0 heterocycles. The minimum Gasteiger partial charge on any atom is -0.491 e. The number of hydrogen-bond donors (Lipinski definition) is 1. The Labute approximate surface area is 119 Å². The second-order valence-corrected chi connectivity index (χ2v) is 5.80. The summed E-state index contributed by atoms with van der Waals surface area (Å²) in [6, 6.07) is 3.69. The van der Waals surface area contributed by atoms with Crippen molar-refractivity contribution in [1.82, 2.24) is 0 Å². The zero-order chi connectivity index (χ0) is 13.7. The summed E-state index contributed by atoms with van der Waals surface area (Å²) in [5, 5.41) is 1.18. The molecule has 4 heteroatoms. The van der Waals surface area contributed by atoms with E-state index < -0.39 is 0 Å². The summed E-state index contributed by atoms with van der Waals surface area (Å²) in [4.78, 5) is 0. The van der Waals surface area contributed by atoms with E-state index in [2.05, 4.69) is 20.8 Å². The minimum atomic E-state index is 0.0981. The van der Waals surface area contributed by atoms with Gasteiger partial charge in [-0.25, -0.2) is 0 Å². The number of rotatable bonds is 6. The van der Waals surface area contributed by atoms with E-state index in [0.29, 0.717) is 22.6 Å². The zero-order valence-electron chi connectivity index (χ0n) is 11.2. The van der Waals surface area contributed by atoms with Gasteiger partial charge in [0, 0.05) is 11.1 Å². The quantitative estimate of drug-likeness (QED) is 0.847. The van der Waals surface area contributed by atoms with Crippen LogP contribution in [-0.2, 0) is 6.42 Å². The zero-order valence-corrected chi connectivity index (χ0v) is 12.7. The molecule has 1 unspecified atom stereocenters. The number of nitrogens with two attached hydrogens (primary N) is 1. The molecule has 0 aromatic heterocycles. The fourth-order valence-electron chi connectivity index (χ4n) is 1.60. The largest absolute Gasteiger partial charge is 0.491 e. The van der Waals surface area contributed by atoms with Crippen LogP contribution >= 0.6 is 23.2 Å². The maximum Gasteiger partial charge on any atom is 0.141 e. The van der Waals surface area contributed by atoms with Gasteiger partial charge in [-0.2, -0.15) is 0 Å². The number of ether oxygens (including phenoxy) is 1. The van der Waals surface area contributed by atoms with Crippen LogP contribution in [0.3, 0.4) is 0 Å². The Balaban J connectivity index is 2.96. The Hall–Kier alpha value is -0.440. The first-order valence-corrected chi connectivity index (χ1v) is 7.05. The standard InChI is InChI=1S/C14H21Cl2NO/c1-4-12(17)6-10-5-11(15)7-13(16)14(10)18-8-9(2)3/h5,7,9,12H,4,6,8,17H2,1-3H3. The highest BCUT2D eigenvalue weighted by atomic mass is 35.5. The molecule has 0 aliphatic heterocycles. The maximum atomic E-state index is 6.19. The molecule has 1 atom stereocenters. The molecule has 102 valence electrons. The first kappa shape index (κ1) is 15.6. The highest BCUT2D eigenvalue weighted by Gasteiger charge is 2.13. The molecular weight excluding hydrogens is 269 g/mol. The van der Waals surface area contributed by atoms with Gasteiger partial charge in [0.2, 0.25) is 0 Å². The van der Waals surface area contributed by atoms with E-state index in [-0.39, 0.29) is 6.04 Å². The second-order valence-electron chi connectivity index (χ2n) is 4.95. The van der Waals surface area contributed by atoms with Crippen LogP contribution in [0.15, 0.2) is 12.1 Å². The summed E-state index contributed by atoms with van der Waals surface area (Å²) in [6.07, 6.45) is 1.64. The molecule has 1 rings (SSSR count). The average molecular weight is 290 g/mol. The van der Waals surface area contributed by atoms with Crippen molar-refractivity contribution in [2.24, 2.45) is 11.7 Å². The topological polar surface area (TPSA) is 35.2 Å². The monoisotopic (exact) mass is 289 g/mol. The summed E-state index contributed by atoms with van der Waals surface area (Å²) in [7, 11) is 0. The van der Waals surface area contributed by atoms with Gasteiger partial charge in [0.25, 0.3) is 0 Å². The van der Waals surface area contributed by atoms with Gasteiger partial charge >= 0.3 is 0 Å². The molecular formula is C14H21Cl2NO. The van der Waals surface area contributed by atoms with E-state index >= 15 is 0 Å². The van der Waals surface area contributed by atoms with Crippen molar-refractivity contribution in [1.29, 1.82) is 0 Å². The highest BCUT2D eigenvalue weighted by molar-refractivity contribution is 6.35. The summed E-state index contributed by atoms with van der Waals surface area (Å²) in [5.41, 5.74) is 6.98. The van der Waals surface area contributed by atoms with Crippen LogP contribution in [-0.4, -0.2) is 12.6 Å². The van der Waals surface area contributed by atoms with Crippen molar-refractivity contribution in [3.05, 3.63) is 27.7 Å². The summed E-state index contributed by atoms with van der Waals surface area (Å²) >= 11 is 12.2. The van der Waals surface area contributed by atoms with E-state index in [1.165, 1.54) is 0 Å². The lowest BCUT2D eigenvalue weighted by molar-refractivity contribution is 0.268. The number of hydrogen-bond acceptors (Lipinski definition) is 2. The third-order valence-electron chi connectivity index (χ3n) is 2.65. The molecule has 0 aliphatic carbocycles. The van der Waals surface area contributed by atoms with Crippen LogP contribution in [0.1, 0.15) is 32.8 Å². The molecule has 0 saturated carbocycles. The number of benzene rings is 1. The van der Waals surface area contributed by atoms with Gasteiger partial charge < -0.3 is 10.5 Å². The van der Waals surface area contributed by atoms with Crippen molar-refractivity contribution in [3.63, 3.8) is 0 Å². The van der Waals surface area contributed by atoms with Gasteiger partial charge in [-0.15, -0.1) is 0 Å². The van der Waals surface area contributed by atoms with Crippen LogP contribution in [0.5, 0.6) is 5.75 Å². The van der Waals surface area contributed by atoms with Crippen molar-refractivity contribution >= 4 is 23.2 Å². The van der Waals surface area contributed by atoms with Crippen molar-refractivity contribution < 1.29 is 4.74 Å². The predicted molar refractivity (Wildman–Crippen MR) is 78.8 cm³/mol. The van der Waals surface area contributed by atoms with Crippen molar-refractivity contribution in [2.45, 2.75) is 39.7 Å². The Bertz CT molecular complexity index is 394. The SMILES string of the molecule is CCC(N)Cc1cc(Cl)cc(Cl)c1OCC(C)C. The van der Waals surface area contributed by atoms with Gasteiger partial charge in [0.15, 0.2) is 0 Å². The molecule has 0 saturated heterocycles. The molecule has 1 aromatic rings. The second kappa shape index (κ2) is 7.22. The van der Waals surface area contributed by atoms with Gasteiger partial charge in [-0.3, -0.25) is 0 Å². The lowest BCUT2D eigenvalue weighted by Crippen LogP contribution is -2.22. The molecule has 0 radical (unpaired) electrons. The fraction of sp³-hybridized carbons (Fsp3) is 0.571. The predicted octanol–water partition coefficient (Wildman–Crippen LogP) is 4.31. The average Bonchev–Trinajstić information content (AvgIpc) is 2.27. The van der Waals surface area contributed by atoms with E-state index in [1.54, 1.807) is 6.07 Å². The Morgan fingerprint density at radius 2 is 1.94 bits per heavy atom. The fourth-order valence-corrected chi connectivity index (χ4v) is 2.19. The highest BCUT2D eigenvalue weighted by Crippen LogP contribution is 2.33. The third-order valence-corrected chi connectivity index (χ3v) is 3.15. The maximum absolute atomic E-state index is 6.19. The van der Waals surface area contributed by atoms with Crippen LogP contribution in [0, 0.1) is 5.92 Å². The Kier molecular flexibility index (Phi) is 6.27. The summed E-state index contributed by atoms with van der Waals surface area (Å²) < 4.78 is 5.78. The van der Waals surface area contributed by atoms with Gasteiger partial charge in [0.05, 0.1) is 11.6 Å². The van der Waals surface area contributed by atoms with E-state index in [4.69, 9.17) is 33.7 Å². The van der Waals surface area contributed by atoms with E-state index in [1.807, 2.05) is 6.07 Å². The molecule has 0 amide bonds. The Morgan fingerprint density at radius 1 is 1.28 bits per heavy atom. The molecule has 0 aliphatic rings. The number of halogens is 2. The smallest absolute Gasteiger partial charge is 0.141 e. The van der Waals surface area contributed by atoms with Crippen molar-refractivity contribution in [2.75, 3.05) is 6.61 Å². The molecule has 0 fully saturated rings. The Morgan fingerprint density at radius 3 is 2.50 bits per heavy atom. The third kappa shape index (κ3) is 4.68. The molecule has 18 heavy (non-hydrogen) atoms. The molecule has 2 N–H and O–H groups in total. The normalized spacial score (nSPS) is 12.8.